The number of rotatable bonds is 2. The van der Waals surface area contributed by atoms with Crippen LogP contribution >= 0.6 is 35.3 Å². The normalized spacial score (nSPS) is 17.0. The monoisotopic (exact) mass is 351 g/mol. The Morgan fingerprint density at radius 2 is 2.12 bits per heavy atom. The maximum absolute atomic E-state index is 5.94. The highest BCUT2D eigenvalue weighted by molar-refractivity contribution is 14.0. The summed E-state index contributed by atoms with van der Waals surface area (Å²) in [6, 6.07) is 2.09. The van der Waals surface area contributed by atoms with E-state index in [1.54, 1.807) is 11.3 Å². The molecule has 2 heterocycles. The summed E-state index contributed by atoms with van der Waals surface area (Å²) in [5.41, 5.74) is 7.19. The number of hydrogen-bond donors (Lipinski definition) is 1. The van der Waals surface area contributed by atoms with Crippen molar-refractivity contribution in [2.45, 2.75) is 25.8 Å². The molecule has 0 aliphatic carbocycles. The number of hydrogen-bond acceptors (Lipinski definition) is 2. The minimum atomic E-state index is 0. The molecule has 0 aromatic carbocycles. The second-order valence-electron chi connectivity index (χ2n) is 3.85. The Labute approximate surface area is 118 Å². The number of piperidine rings is 1. The topological polar surface area (TPSA) is 41.6 Å². The van der Waals surface area contributed by atoms with Crippen molar-refractivity contribution >= 4 is 41.3 Å². The maximum Gasteiger partial charge on any atom is 0.191 e. The average molecular weight is 351 g/mol. The lowest BCUT2D eigenvalue weighted by molar-refractivity contribution is 0.338. The van der Waals surface area contributed by atoms with E-state index in [4.69, 9.17) is 5.73 Å². The van der Waals surface area contributed by atoms with E-state index in [0.29, 0.717) is 12.5 Å². The zero-order valence-corrected chi connectivity index (χ0v) is 12.4. The first-order valence-corrected chi connectivity index (χ1v) is 6.36. The van der Waals surface area contributed by atoms with Crippen molar-refractivity contribution in [1.82, 2.24) is 4.90 Å². The van der Waals surface area contributed by atoms with Crippen molar-refractivity contribution in [3.63, 3.8) is 0 Å². The second kappa shape index (κ2) is 7.11. The van der Waals surface area contributed by atoms with Crippen LogP contribution in [0.15, 0.2) is 21.8 Å². The largest absolute Gasteiger partial charge is 0.370 e. The third kappa shape index (κ3) is 3.93. The van der Waals surface area contributed by atoms with E-state index in [1.165, 1.54) is 24.8 Å². The third-order valence-electron chi connectivity index (χ3n) is 2.68. The van der Waals surface area contributed by atoms with Crippen LogP contribution in [0.4, 0.5) is 0 Å². The fourth-order valence-electron chi connectivity index (χ4n) is 1.78. The zero-order chi connectivity index (χ0) is 10.5. The van der Waals surface area contributed by atoms with Gasteiger partial charge < -0.3 is 10.6 Å². The Morgan fingerprint density at radius 1 is 1.38 bits per heavy atom. The van der Waals surface area contributed by atoms with Crippen molar-refractivity contribution in [2.75, 3.05) is 13.1 Å². The van der Waals surface area contributed by atoms with Gasteiger partial charge in [0.05, 0.1) is 6.54 Å². The minimum Gasteiger partial charge on any atom is -0.370 e. The molecule has 1 aliphatic rings. The molecule has 2 N–H and O–H groups in total. The first-order valence-electron chi connectivity index (χ1n) is 5.42. The number of nitrogens with two attached hydrogens (primary N) is 1. The van der Waals surface area contributed by atoms with Crippen molar-refractivity contribution in [2.24, 2.45) is 10.7 Å². The van der Waals surface area contributed by atoms with Gasteiger partial charge in [-0.05, 0) is 41.7 Å². The van der Waals surface area contributed by atoms with Gasteiger partial charge in [-0.1, -0.05) is 0 Å². The maximum atomic E-state index is 5.94. The molecule has 3 nitrogen and oxygen atoms in total. The Balaban J connectivity index is 0.00000128. The highest BCUT2D eigenvalue weighted by atomic mass is 127. The Kier molecular flexibility index (Phi) is 6.12. The lowest BCUT2D eigenvalue weighted by Gasteiger charge is -2.27. The zero-order valence-electron chi connectivity index (χ0n) is 9.26. The number of likely N-dealkylation sites (tertiary alicyclic amines) is 1. The summed E-state index contributed by atoms with van der Waals surface area (Å²) < 4.78 is 0. The first-order chi connectivity index (χ1) is 7.36. The summed E-state index contributed by atoms with van der Waals surface area (Å²) in [5, 5.41) is 4.19. The lowest BCUT2D eigenvalue weighted by Crippen LogP contribution is -2.40. The average Bonchev–Trinajstić information content (AvgIpc) is 2.80. The van der Waals surface area contributed by atoms with Gasteiger partial charge in [0.25, 0.3) is 0 Å². The molecule has 2 rings (SSSR count). The van der Waals surface area contributed by atoms with Gasteiger partial charge in [0.2, 0.25) is 0 Å². The Morgan fingerprint density at radius 3 is 2.75 bits per heavy atom. The fraction of sp³-hybridized carbons (Fsp3) is 0.545. The van der Waals surface area contributed by atoms with E-state index in [2.05, 4.69) is 26.7 Å². The summed E-state index contributed by atoms with van der Waals surface area (Å²) in [5.74, 6) is 0.709. The van der Waals surface area contributed by atoms with Crippen LogP contribution in [0.2, 0.25) is 0 Å². The Hall–Kier alpha value is -0.300. The number of thiophene rings is 1. The van der Waals surface area contributed by atoms with E-state index < -0.39 is 0 Å². The van der Waals surface area contributed by atoms with Gasteiger partial charge in [-0.25, -0.2) is 4.99 Å². The Bertz CT molecular complexity index is 318. The smallest absolute Gasteiger partial charge is 0.191 e. The van der Waals surface area contributed by atoms with Crippen molar-refractivity contribution in [1.29, 1.82) is 0 Å². The van der Waals surface area contributed by atoms with Gasteiger partial charge in [-0.3, -0.25) is 0 Å². The molecule has 0 atom stereocenters. The molecule has 1 aliphatic heterocycles. The molecule has 5 heteroatoms. The van der Waals surface area contributed by atoms with Gasteiger partial charge >= 0.3 is 0 Å². The van der Waals surface area contributed by atoms with Crippen LogP contribution < -0.4 is 5.73 Å². The van der Waals surface area contributed by atoms with Crippen LogP contribution in [-0.2, 0) is 6.54 Å². The quantitative estimate of drug-likeness (QED) is 0.506. The van der Waals surface area contributed by atoms with Gasteiger partial charge in [0, 0.05) is 13.1 Å². The molecule has 1 fully saturated rings. The van der Waals surface area contributed by atoms with Crippen LogP contribution in [0.5, 0.6) is 0 Å². The predicted octanol–water partition coefficient (Wildman–Crippen LogP) is 2.67. The molecule has 1 aromatic heterocycles. The summed E-state index contributed by atoms with van der Waals surface area (Å²) in [6.07, 6.45) is 3.82. The summed E-state index contributed by atoms with van der Waals surface area (Å²) in [7, 11) is 0. The molecule has 0 unspecified atom stereocenters. The van der Waals surface area contributed by atoms with Gasteiger partial charge in [-0.15, -0.1) is 24.0 Å². The fourth-order valence-corrected chi connectivity index (χ4v) is 2.44. The molecule has 0 amide bonds. The number of guanidine groups is 1. The van der Waals surface area contributed by atoms with Crippen LogP contribution in [0, 0.1) is 0 Å². The molecule has 1 saturated heterocycles. The number of nitrogens with zero attached hydrogens (tertiary/aromatic N) is 2. The van der Waals surface area contributed by atoms with Crippen molar-refractivity contribution in [3.8, 4) is 0 Å². The molecule has 90 valence electrons. The molecule has 0 radical (unpaired) electrons. The SMILES string of the molecule is I.NC(=NCc1ccsc1)N1CCCCC1. The minimum absolute atomic E-state index is 0. The standard InChI is InChI=1S/C11H17N3S.HI/c12-11(14-5-2-1-3-6-14)13-8-10-4-7-15-9-10;/h4,7,9H,1-3,5-6,8H2,(H2,12,13);1H. The molecular weight excluding hydrogens is 333 g/mol. The first kappa shape index (κ1) is 13.8. The number of halogens is 1. The van der Waals surface area contributed by atoms with E-state index in [-0.39, 0.29) is 24.0 Å². The van der Waals surface area contributed by atoms with Crippen LogP contribution in [0.1, 0.15) is 24.8 Å². The highest BCUT2D eigenvalue weighted by Crippen LogP contribution is 2.10. The van der Waals surface area contributed by atoms with Gasteiger partial charge in [0.1, 0.15) is 0 Å². The predicted molar refractivity (Wildman–Crippen MR) is 80.5 cm³/mol. The van der Waals surface area contributed by atoms with Crippen molar-refractivity contribution in [3.05, 3.63) is 22.4 Å². The second-order valence-corrected chi connectivity index (χ2v) is 4.63. The third-order valence-corrected chi connectivity index (χ3v) is 3.42. The van der Waals surface area contributed by atoms with Crippen LogP contribution in [0.3, 0.4) is 0 Å². The van der Waals surface area contributed by atoms with E-state index >= 15 is 0 Å². The summed E-state index contributed by atoms with van der Waals surface area (Å²) in [4.78, 5) is 6.61. The van der Waals surface area contributed by atoms with Crippen LogP contribution in [0.25, 0.3) is 0 Å². The number of aliphatic imine (C=N–C) groups is 1. The van der Waals surface area contributed by atoms with Gasteiger partial charge in [-0.2, -0.15) is 11.3 Å². The van der Waals surface area contributed by atoms with Crippen molar-refractivity contribution < 1.29 is 0 Å². The van der Waals surface area contributed by atoms with E-state index in [1.807, 2.05) is 0 Å². The lowest BCUT2D eigenvalue weighted by atomic mass is 10.1. The van der Waals surface area contributed by atoms with Gasteiger partial charge in [0.15, 0.2) is 5.96 Å². The molecule has 0 saturated carbocycles. The van der Waals surface area contributed by atoms with E-state index in [9.17, 15) is 0 Å². The van der Waals surface area contributed by atoms with E-state index in [0.717, 1.165) is 13.1 Å². The summed E-state index contributed by atoms with van der Waals surface area (Å²) >= 11 is 1.70. The molecular formula is C11H18IN3S. The highest BCUT2D eigenvalue weighted by Gasteiger charge is 2.11. The molecule has 16 heavy (non-hydrogen) atoms. The van der Waals surface area contributed by atoms with Crippen LogP contribution in [-0.4, -0.2) is 23.9 Å². The molecule has 0 spiro atoms. The summed E-state index contributed by atoms with van der Waals surface area (Å²) in [6.45, 7) is 2.85. The molecule has 0 bridgehead atoms. The molecule has 1 aromatic rings.